The number of hydrogen-bond acceptors (Lipinski definition) is 3. The topological polar surface area (TPSA) is 51.4 Å². The number of nitriles is 1. The number of anilines is 2. The first kappa shape index (κ1) is 15.9. The quantitative estimate of drug-likeness (QED) is 0.392. The minimum Gasteiger partial charge on any atom is -0.344 e. The van der Waals surface area contributed by atoms with Gasteiger partial charge in [0.25, 0.3) is 0 Å². The zero-order valence-corrected chi connectivity index (χ0v) is 13.5. The van der Waals surface area contributed by atoms with E-state index < -0.39 is 0 Å². The summed E-state index contributed by atoms with van der Waals surface area (Å²) in [5.41, 5.74) is 5.08. The summed E-state index contributed by atoms with van der Waals surface area (Å²) < 4.78 is 0. The van der Waals surface area contributed by atoms with Gasteiger partial charge < -0.3 is 4.90 Å². The van der Waals surface area contributed by atoms with Gasteiger partial charge in [-0.05, 0) is 55.3 Å². The molecule has 5 heteroatoms. The van der Waals surface area contributed by atoms with Crippen molar-refractivity contribution in [2.75, 3.05) is 11.9 Å². The summed E-state index contributed by atoms with van der Waals surface area (Å²) in [6, 6.07) is 11.8. The number of benzene rings is 2. The van der Waals surface area contributed by atoms with Crippen molar-refractivity contribution < 1.29 is 0 Å². The molecule has 0 aromatic heterocycles. The Labute approximate surface area is 135 Å². The van der Waals surface area contributed by atoms with Crippen molar-refractivity contribution in [1.82, 2.24) is 5.32 Å². The van der Waals surface area contributed by atoms with Crippen LogP contribution in [0.1, 0.15) is 11.1 Å². The van der Waals surface area contributed by atoms with Gasteiger partial charge in [0.2, 0.25) is 0 Å². The van der Waals surface area contributed by atoms with E-state index in [0.29, 0.717) is 5.02 Å². The third-order valence-corrected chi connectivity index (χ3v) is 3.64. The maximum atomic E-state index is 8.46. The van der Waals surface area contributed by atoms with E-state index in [0.717, 1.165) is 28.2 Å². The van der Waals surface area contributed by atoms with Crippen LogP contribution in [-0.4, -0.2) is 13.4 Å². The van der Waals surface area contributed by atoms with Crippen LogP contribution in [0.2, 0.25) is 5.02 Å². The van der Waals surface area contributed by atoms with Gasteiger partial charge in [0, 0.05) is 23.4 Å². The van der Waals surface area contributed by atoms with Crippen molar-refractivity contribution in [3.8, 4) is 6.19 Å². The van der Waals surface area contributed by atoms with Gasteiger partial charge in [0.15, 0.2) is 6.19 Å². The lowest BCUT2D eigenvalue weighted by Crippen LogP contribution is -2.11. The molecule has 0 aliphatic rings. The first-order chi connectivity index (χ1) is 10.5. The number of rotatable bonds is 4. The van der Waals surface area contributed by atoms with E-state index in [4.69, 9.17) is 16.9 Å². The average molecular weight is 313 g/mol. The van der Waals surface area contributed by atoms with Crippen molar-refractivity contribution >= 4 is 35.0 Å². The summed E-state index contributed by atoms with van der Waals surface area (Å²) >= 11 is 6.06. The summed E-state index contributed by atoms with van der Waals surface area (Å²) in [5, 5.41) is 11.6. The van der Waals surface area contributed by atoms with E-state index in [1.807, 2.05) is 57.4 Å². The Kier molecular flexibility index (Phi) is 5.03. The molecular weight excluding hydrogens is 296 g/mol. The maximum absolute atomic E-state index is 8.46. The Hall–Kier alpha value is -2.51. The van der Waals surface area contributed by atoms with E-state index in [1.54, 1.807) is 0 Å². The molecule has 2 aromatic carbocycles. The third kappa shape index (κ3) is 3.57. The minimum atomic E-state index is 0.711. The molecule has 4 nitrogen and oxygen atoms in total. The van der Waals surface area contributed by atoms with Crippen LogP contribution in [0, 0.1) is 25.3 Å². The van der Waals surface area contributed by atoms with Gasteiger partial charge in [-0.15, -0.1) is 0 Å². The summed E-state index contributed by atoms with van der Waals surface area (Å²) in [4.78, 5) is 6.34. The smallest absolute Gasteiger partial charge is 0.182 e. The Bertz CT molecular complexity index is 747. The fourth-order valence-electron chi connectivity index (χ4n) is 2.24. The Morgan fingerprint density at radius 3 is 2.68 bits per heavy atom. The van der Waals surface area contributed by atoms with Crippen LogP contribution in [0.3, 0.4) is 0 Å². The molecule has 0 bridgehead atoms. The number of nitrogens with one attached hydrogen (secondary N) is 1. The van der Waals surface area contributed by atoms with Crippen LogP contribution in [0.15, 0.2) is 41.4 Å². The highest BCUT2D eigenvalue weighted by Gasteiger charge is 2.10. The normalized spacial score (nSPS) is 10.5. The van der Waals surface area contributed by atoms with E-state index in [9.17, 15) is 0 Å². The second kappa shape index (κ2) is 6.97. The average Bonchev–Trinajstić information content (AvgIpc) is 2.50. The Balaban J connectivity index is 2.36. The van der Waals surface area contributed by atoms with Gasteiger partial charge in [-0.1, -0.05) is 17.7 Å². The molecule has 0 spiro atoms. The summed E-state index contributed by atoms with van der Waals surface area (Å²) in [7, 11) is 2.01. The zero-order chi connectivity index (χ0) is 16.1. The summed E-state index contributed by atoms with van der Waals surface area (Å²) in [6.45, 7) is 4.03. The van der Waals surface area contributed by atoms with Crippen molar-refractivity contribution in [3.63, 3.8) is 0 Å². The summed E-state index contributed by atoms with van der Waals surface area (Å²) in [6.07, 6.45) is 3.20. The van der Waals surface area contributed by atoms with Crippen molar-refractivity contribution in [2.45, 2.75) is 13.8 Å². The van der Waals surface area contributed by atoms with Crippen molar-refractivity contribution in [3.05, 3.63) is 52.5 Å². The number of aryl methyl sites for hydroxylation is 2. The predicted octanol–water partition coefficient (Wildman–Crippen LogP) is 4.46. The largest absolute Gasteiger partial charge is 0.344 e. The summed E-state index contributed by atoms with van der Waals surface area (Å²) in [5.74, 6) is 0. The van der Waals surface area contributed by atoms with Gasteiger partial charge in [-0.3, -0.25) is 5.32 Å². The fourth-order valence-corrected chi connectivity index (χ4v) is 2.43. The first-order valence-corrected chi connectivity index (χ1v) is 7.18. The van der Waals surface area contributed by atoms with E-state index in [-0.39, 0.29) is 0 Å². The molecule has 0 saturated carbocycles. The molecule has 0 atom stereocenters. The second-order valence-electron chi connectivity index (χ2n) is 4.98. The Morgan fingerprint density at radius 2 is 2.00 bits per heavy atom. The van der Waals surface area contributed by atoms with E-state index in [2.05, 4.69) is 21.3 Å². The zero-order valence-electron chi connectivity index (χ0n) is 12.8. The van der Waals surface area contributed by atoms with Crippen molar-refractivity contribution in [2.24, 2.45) is 4.99 Å². The molecule has 0 heterocycles. The van der Waals surface area contributed by atoms with Gasteiger partial charge in [-0.2, -0.15) is 5.26 Å². The Morgan fingerprint density at radius 1 is 1.23 bits per heavy atom. The molecule has 1 N–H and O–H groups in total. The first-order valence-electron chi connectivity index (χ1n) is 6.80. The minimum absolute atomic E-state index is 0.711. The molecule has 2 rings (SSSR count). The van der Waals surface area contributed by atoms with Crippen LogP contribution in [0.4, 0.5) is 17.1 Å². The highest BCUT2D eigenvalue weighted by atomic mass is 35.5. The molecule has 0 amide bonds. The molecule has 22 heavy (non-hydrogen) atoms. The molecule has 0 aliphatic heterocycles. The molecule has 0 aliphatic carbocycles. The van der Waals surface area contributed by atoms with E-state index >= 15 is 0 Å². The van der Waals surface area contributed by atoms with Gasteiger partial charge in [-0.25, -0.2) is 4.99 Å². The van der Waals surface area contributed by atoms with Crippen LogP contribution >= 0.6 is 11.6 Å². The van der Waals surface area contributed by atoms with Crippen LogP contribution in [0.25, 0.3) is 0 Å². The lowest BCUT2D eigenvalue weighted by Gasteiger charge is -2.23. The highest BCUT2D eigenvalue weighted by molar-refractivity contribution is 6.30. The van der Waals surface area contributed by atoms with Crippen molar-refractivity contribution in [1.29, 1.82) is 5.26 Å². The fraction of sp³-hybridized carbons (Fsp3) is 0.176. The van der Waals surface area contributed by atoms with Crippen LogP contribution in [0.5, 0.6) is 0 Å². The lowest BCUT2D eigenvalue weighted by atomic mass is 10.1. The van der Waals surface area contributed by atoms with E-state index in [1.165, 1.54) is 6.34 Å². The molecular formula is C17H17ClN4. The van der Waals surface area contributed by atoms with Crippen LogP contribution < -0.4 is 10.2 Å². The molecule has 0 unspecified atom stereocenters. The molecule has 0 fully saturated rings. The number of halogens is 1. The molecule has 2 aromatic rings. The van der Waals surface area contributed by atoms with Gasteiger partial charge >= 0.3 is 0 Å². The highest BCUT2D eigenvalue weighted by Crippen LogP contribution is 2.33. The van der Waals surface area contributed by atoms with Crippen LogP contribution in [-0.2, 0) is 0 Å². The predicted molar refractivity (Wildman–Crippen MR) is 92.3 cm³/mol. The lowest BCUT2D eigenvalue weighted by molar-refractivity contribution is 1.17. The molecule has 0 saturated heterocycles. The SMILES string of the molecule is Cc1cc(N(C)c2cccc(Cl)c2)c(C)cc1/N=C\NC#N. The number of nitrogens with zero attached hydrogens (tertiary/aromatic N) is 3. The van der Waals surface area contributed by atoms with Gasteiger partial charge in [0.1, 0.15) is 6.34 Å². The molecule has 112 valence electrons. The second-order valence-corrected chi connectivity index (χ2v) is 5.41. The monoisotopic (exact) mass is 312 g/mol. The van der Waals surface area contributed by atoms with Gasteiger partial charge in [0.05, 0.1) is 5.69 Å². The number of hydrogen-bond donors (Lipinski definition) is 1. The third-order valence-electron chi connectivity index (χ3n) is 3.40. The number of aliphatic imine (C=N–C) groups is 1. The maximum Gasteiger partial charge on any atom is 0.182 e. The standard InChI is InChI=1S/C17H17ClN4/c1-12-8-17(13(2)7-16(12)21-11-20-10-19)22(3)15-6-4-5-14(18)9-15/h4-9,11H,1-3H3,(H,20,21). The molecule has 0 radical (unpaired) electrons.